The van der Waals surface area contributed by atoms with Gasteiger partial charge in [-0.2, -0.15) is 0 Å². The first-order valence-electron chi connectivity index (χ1n) is 5.60. The number of aromatic nitrogens is 2. The van der Waals surface area contributed by atoms with Crippen molar-refractivity contribution in [3.8, 4) is 5.88 Å². The van der Waals surface area contributed by atoms with Crippen LogP contribution in [0.1, 0.15) is 0 Å². The molecule has 3 rings (SSSR count). The van der Waals surface area contributed by atoms with E-state index in [2.05, 4.69) is 16.0 Å². The maximum Gasteiger partial charge on any atom is 0.214 e. The van der Waals surface area contributed by atoms with Gasteiger partial charge in [0.1, 0.15) is 5.03 Å². The molecule has 0 fully saturated rings. The molecule has 6 heteroatoms. The molecular weight excluding hydrogens is 278 g/mol. The van der Waals surface area contributed by atoms with Crippen LogP contribution in [0.3, 0.4) is 0 Å². The summed E-state index contributed by atoms with van der Waals surface area (Å²) in [7, 11) is 1.59. The summed E-state index contributed by atoms with van der Waals surface area (Å²) >= 11 is 3.09. The molecule has 0 aliphatic carbocycles. The molecule has 96 valence electrons. The van der Waals surface area contributed by atoms with Gasteiger partial charge in [0.25, 0.3) is 0 Å². The monoisotopic (exact) mass is 289 g/mol. The third-order valence-electron chi connectivity index (χ3n) is 2.53. The highest BCUT2D eigenvalue weighted by molar-refractivity contribution is 8.01. The molecule has 19 heavy (non-hydrogen) atoms. The fraction of sp³-hybridized carbons (Fsp3) is 0.0769. The van der Waals surface area contributed by atoms with Gasteiger partial charge in [-0.3, -0.25) is 0 Å². The quantitative estimate of drug-likeness (QED) is 0.800. The third-order valence-corrected chi connectivity index (χ3v) is 4.65. The Hall–Kier alpha value is -1.79. The van der Waals surface area contributed by atoms with Crippen molar-refractivity contribution >= 4 is 39.0 Å². The van der Waals surface area contributed by atoms with E-state index in [1.165, 1.54) is 11.8 Å². The number of hydrogen-bond acceptors (Lipinski definition) is 6. The molecule has 0 aliphatic rings. The van der Waals surface area contributed by atoms with Crippen LogP contribution in [0.5, 0.6) is 5.88 Å². The fourth-order valence-corrected chi connectivity index (χ4v) is 3.61. The molecule has 0 unspecified atom stereocenters. The number of anilines is 1. The highest BCUT2D eigenvalue weighted by atomic mass is 32.2. The molecule has 2 N–H and O–H groups in total. The molecule has 0 amide bonds. The van der Waals surface area contributed by atoms with Crippen molar-refractivity contribution < 1.29 is 4.74 Å². The molecule has 0 atom stereocenters. The van der Waals surface area contributed by atoms with E-state index in [4.69, 9.17) is 10.5 Å². The molecule has 0 aliphatic heterocycles. The Bertz CT molecular complexity index is 694. The Labute approximate surface area is 118 Å². The first kappa shape index (κ1) is 12.3. The van der Waals surface area contributed by atoms with Crippen molar-refractivity contribution in [1.29, 1.82) is 0 Å². The van der Waals surface area contributed by atoms with E-state index in [0.29, 0.717) is 11.6 Å². The second-order valence-electron chi connectivity index (χ2n) is 3.80. The van der Waals surface area contributed by atoms with Gasteiger partial charge >= 0.3 is 0 Å². The number of pyridine rings is 1. The van der Waals surface area contributed by atoms with Crippen molar-refractivity contribution in [3.63, 3.8) is 0 Å². The van der Waals surface area contributed by atoms with Crippen LogP contribution in [0.25, 0.3) is 10.2 Å². The number of thiazole rings is 1. The molecule has 4 nitrogen and oxygen atoms in total. The van der Waals surface area contributed by atoms with Crippen LogP contribution in [-0.2, 0) is 0 Å². The first-order valence-corrected chi connectivity index (χ1v) is 7.23. The van der Waals surface area contributed by atoms with Gasteiger partial charge in [-0.05, 0) is 30.0 Å². The summed E-state index contributed by atoms with van der Waals surface area (Å²) < 4.78 is 7.19. The number of nitrogens with two attached hydrogens (primary N) is 1. The number of fused-ring (bicyclic) bond motifs is 1. The Morgan fingerprint density at radius 1 is 1.16 bits per heavy atom. The van der Waals surface area contributed by atoms with Crippen LogP contribution < -0.4 is 10.5 Å². The minimum atomic E-state index is 0.554. The smallest absolute Gasteiger partial charge is 0.214 e. The second-order valence-corrected chi connectivity index (χ2v) is 6.06. The van der Waals surface area contributed by atoms with Gasteiger partial charge in [-0.15, -0.1) is 11.3 Å². The van der Waals surface area contributed by atoms with Crippen molar-refractivity contribution in [2.45, 2.75) is 9.37 Å². The van der Waals surface area contributed by atoms with E-state index in [9.17, 15) is 0 Å². The van der Waals surface area contributed by atoms with Gasteiger partial charge in [0.2, 0.25) is 5.88 Å². The average molecular weight is 289 g/mol. The SMILES string of the molecule is COc1ccc(N)c(Sc2nc3ccccc3s2)n1. The summed E-state index contributed by atoms with van der Waals surface area (Å²) in [5, 5.41) is 0.721. The number of nitrogens with zero attached hydrogens (tertiary/aromatic N) is 2. The molecular formula is C13H11N3OS2. The first-order chi connectivity index (χ1) is 9.26. The number of rotatable bonds is 3. The van der Waals surface area contributed by atoms with E-state index in [0.717, 1.165) is 19.6 Å². The summed E-state index contributed by atoms with van der Waals surface area (Å²) in [6.45, 7) is 0. The summed E-state index contributed by atoms with van der Waals surface area (Å²) in [5.41, 5.74) is 7.55. The molecule has 0 saturated heterocycles. The molecule has 3 aromatic rings. The molecule has 2 aromatic heterocycles. The normalized spacial score (nSPS) is 10.8. The minimum absolute atomic E-state index is 0.554. The molecule has 0 radical (unpaired) electrons. The zero-order chi connectivity index (χ0) is 13.2. The van der Waals surface area contributed by atoms with Crippen molar-refractivity contribution in [3.05, 3.63) is 36.4 Å². The zero-order valence-corrected chi connectivity index (χ0v) is 11.8. The Kier molecular flexibility index (Phi) is 3.27. The van der Waals surface area contributed by atoms with Crippen molar-refractivity contribution in [2.75, 3.05) is 12.8 Å². The lowest BCUT2D eigenvalue weighted by Gasteiger charge is -2.04. The van der Waals surface area contributed by atoms with Gasteiger partial charge in [0, 0.05) is 6.07 Å². The second kappa shape index (κ2) is 5.07. The van der Waals surface area contributed by atoms with E-state index in [1.54, 1.807) is 30.6 Å². The maximum atomic E-state index is 5.92. The highest BCUT2D eigenvalue weighted by Gasteiger charge is 2.10. The zero-order valence-electron chi connectivity index (χ0n) is 10.2. The van der Waals surface area contributed by atoms with Gasteiger partial charge < -0.3 is 10.5 Å². The minimum Gasteiger partial charge on any atom is -0.481 e. The Morgan fingerprint density at radius 3 is 2.79 bits per heavy atom. The molecule has 1 aromatic carbocycles. The van der Waals surface area contributed by atoms with Crippen molar-refractivity contribution in [2.24, 2.45) is 0 Å². The number of methoxy groups -OCH3 is 1. The van der Waals surface area contributed by atoms with Crippen LogP contribution in [-0.4, -0.2) is 17.1 Å². The number of nitrogen functional groups attached to an aromatic ring is 1. The predicted octanol–water partition coefficient (Wildman–Crippen LogP) is 3.43. The van der Waals surface area contributed by atoms with E-state index < -0.39 is 0 Å². The topological polar surface area (TPSA) is 61.0 Å². The number of para-hydroxylation sites is 1. The third kappa shape index (κ3) is 2.50. The van der Waals surface area contributed by atoms with Gasteiger partial charge in [0.05, 0.1) is 23.0 Å². The highest BCUT2D eigenvalue weighted by Crippen LogP contribution is 2.36. The Balaban J connectivity index is 1.96. The lowest BCUT2D eigenvalue weighted by molar-refractivity contribution is 0.395. The van der Waals surface area contributed by atoms with Gasteiger partial charge in [-0.25, -0.2) is 9.97 Å². The van der Waals surface area contributed by atoms with Gasteiger partial charge in [0.15, 0.2) is 4.34 Å². The summed E-state index contributed by atoms with van der Waals surface area (Å²) in [6, 6.07) is 11.6. The summed E-state index contributed by atoms with van der Waals surface area (Å²) in [5.74, 6) is 0.554. The lowest BCUT2D eigenvalue weighted by atomic mass is 10.3. The van der Waals surface area contributed by atoms with Gasteiger partial charge in [-0.1, -0.05) is 12.1 Å². The van der Waals surface area contributed by atoms with Crippen LogP contribution in [0.2, 0.25) is 0 Å². The lowest BCUT2D eigenvalue weighted by Crippen LogP contribution is -1.94. The molecule has 2 heterocycles. The predicted molar refractivity (Wildman–Crippen MR) is 78.9 cm³/mol. The summed E-state index contributed by atoms with van der Waals surface area (Å²) in [6.07, 6.45) is 0. The fourth-order valence-electron chi connectivity index (χ4n) is 1.61. The number of ether oxygens (including phenoxy) is 1. The van der Waals surface area contributed by atoms with Crippen molar-refractivity contribution in [1.82, 2.24) is 9.97 Å². The molecule has 0 saturated carbocycles. The largest absolute Gasteiger partial charge is 0.481 e. The van der Waals surface area contributed by atoms with E-state index in [-0.39, 0.29) is 0 Å². The van der Waals surface area contributed by atoms with E-state index >= 15 is 0 Å². The molecule has 0 bridgehead atoms. The standard InChI is InChI=1S/C13H11N3OS2/c1-17-11-7-6-8(14)12(16-11)19-13-15-9-4-2-3-5-10(9)18-13/h2-7H,14H2,1H3. The van der Waals surface area contributed by atoms with Crippen LogP contribution in [0.4, 0.5) is 5.69 Å². The summed E-state index contributed by atoms with van der Waals surface area (Å²) in [4.78, 5) is 8.89. The Morgan fingerprint density at radius 2 is 2.00 bits per heavy atom. The number of benzene rings is 1. The molecule has 0 spiro atoms. The van der Waals surface area contributed by atoms with Crippen LogP contribution >= 0.6 is 23.1 Å². The van der Waals surface area contributed by atoms with Crippen LogP contribution in [0, 0.1) is 0 Å². The average Bonchev–Trinajstić information content (AvgIpc) is 2.83. The van der Waals surface area contributed by atoms with Crippen LogP contribution in [0.15, 0.2) is 45.8 Å². The maximum absolute atomic E-state index is 5.92. The van der Waals surface area contributed by atoms with E-state index in [1.807, 2.05) is 18.2 Å². The number of hydrogen-bond donors (Lipinski definition) is 1.